The topological polar surface area (TPSA) is 57.8 Å². The molecule has 2 heterocycles. The van der Waals surface area contributed by atoms with E-state index in [0.29, 0.717) is 5.57 Å². The molecule has 0 bridgehead atoms. The molecule has 3 rings (SSSR count). The highest BCUT2D eigenvalue weighted by Gasteiger charge is 2.24. The minimum Gasteiger partial charge on any atom is -0.345 e. The van der Waals surface area contributed by atoms with Crippen LogP contribution >= 0.6 is 0 Å². The summed E-state index contributed by atoms with van der Waals surface area (Å²) in [5, 5.41) is 2.90. The van der Waals surface area contributed by atoms with Crippen molar-refractivity contribution in [3.8, 4) is 11.5 Å². The first-order valence-corrected chi connectivity index (χ1v) is 11.0. The molecule has 1 aromatic heterocycles. The number of benzene rings is 1. The lowest BCUT2D eigenvalue weighted by molar-refractivity contribution is -0.110. The number of aromatic nitrogens is 2. The SMILES string of the molecule is Cc1nc[nH]c1C=C1C(=O)Nc2ccc(C#C[Si](C)(C)C)cc21. The number of aryl methyl sites for hydroxylation is 1. The Labute approximate surface area is 137 Å². The van der Waals surface area contributed by atoms with Crippen LogP contribution in [0.1, 0.15) is 22.5 Å². The zero-order valence-electron chi connectivity index (χ0n) is 13.7. The van der Waals surface area contributed by atoms with Crippen LogP contribution in [0.3, 0.4) is 0 Å². The van der Waals surface area contributed by atoms with E-state index in [1.54, 1.807) is 6.33 Å². The highest BCUT2D eigenvalue weighted by Crippen LogP contribution is 2.33. The molecule has 5 heteroatoms. The fourth-order valence-electron chi connectivity index (χ4n) is 2.33. The van der Waals surface area contributed by atoms with Gasteiger partial charge < -0.3 is 10.3 Å². The second-order valence-corrected chi connectivity index (χ2v) is 11.4. The van der Waals surface area contributed by atoms with Gasteiger partial charge >= 0.3 is 0 Å². The van der Waals surface area contributed by atoms with Crippen LogP contribution in [0.15, 0.2) is 24.5 Å². The predicted octanol–water partition coefficient (Wildman–Crippen LogP) is 3.44. The first kappa shape index (κ1) is 15.3. The average Bonchev–Trinajstić information content (AvgIpc) is 3.01. The third-order valence-electron chi connectivity index (χ3n) is 3.54. The van der Waals surface area contributed by atoms with E-state index in [-0.39, 0.29) is 5.91 Å². The van der Waals surface area contributed by atoms with Gasteiger partial charge in [0.05, 0.1) is 23.3 Å². The second-order valence-electron chi connectivity index (χ2n) is 6.67. The lowest BCUT2D eigenvalue weighted by Gasteiger charge is -2.04. The van der Waals surface area contributed by atoms with Crippen LogP contribution in [0.2, 0.25) is 19.6 Å². The van der Waals surface area contributed by atoms with Crippen LogP contribution in [0.4, 0.5) is 5.69 Å². The van der Waals surface area contributed by atoms with E-state index in [4.69, 9.17) is 0 Å². The third kappa shape index (κ3) is 3.27. The number of H-pyrrole nitrogens is 1. The standard InChI is InChI=1S/C18H19N3OSi/c1-12-17(20-11-19-12)10-15-14-9-13(7-8-23(2,3)4)5-6-16(14)21-18(15)22/h5-6,9-11H,1-4H3,(H,19,20)(H,21,22). The van der Waals surface area contributed by atoms with E-state index in [0.717, 1.165) is 28.2 Å². The van der Waals surface area contributed by atoms with Gasteiger partial charge in [-0.3, -0.25) is 4.79 Å². The van der Waals surface area contributed by atoms with E-state index in [2.05, 4.69) is 46.4 Å². The van der Waals surface area contributed by atoms with Gasteiger partial charge in [-0.1, -0.05) is 25.6 Å². The number of hydrogen-bond donors (Lipinski definition) is 2. The van der Waals surface area contributed by atoms with E-state index in [1.807, 2.05) is 31.2 Å². The molecule has 1 aromatic carbocycles. The Balaban J connectivity index is 2.04. The van der Waals surface area contributed by atoms with Gasteiger partial charge in [-0.15, -0.1) is 5.54 Å². The number of fused-ring (bicyclic) bond motifs is 1. The van der Waals surface area contributed by atoms with Gasteiger partial charge in [0, 0.05) is 16.8 Å². The molecule has 23 heavy (non-hydrogen) atoms. The predicted molar refractivity (Wildman–Crippen MR) is 96.5 cm³/mol. The molecule has 1 aliphatic heterocycles. The van der Waals surface area contributed by atoms with Crippen molar-refractivity contribution in [1.29, 1.82) is 0 Å². The summed E-state index contributed by atoms with van der Waals surface area (Å²) in [6.45, 7) is 8.55. The maximum Gasteiger partial charge on any atom is 0.256 e. The van der Waals surface area contributed by atoms with E-state index < -0.39 is 8.07 Å². The Bertz CT molecular complexity index is 876. The fourth-order valence-corrected chi connectivity index (χ4v) is 2.85. The Hall–Kier alpha value is -2.58. The third-order valence-corrected chi connectivity index (χ3v) is 4.42. The Morgan fingerprint density at radius 1 is 1.26 bits per heavy atom. The lowest BCUT2D eigenvalue weighted by atomic mass is 10.0. The van der Waals surface area contributed by atoms with Crippen LogP contribution in [0, 0.1) is 18.4 Å². The lowest BCUT2D eigenvalue weighted by Crippen LogP contribution is -2.16. The molecule has 1 amide bonds. The molecule has 0 radical (unpaired) electrons. The molecule has 0 unspecified atom stereocenters. The van der Waals surface area contributed by atoms with Crippen molar-refractivity contribution in [1.82, 2.24) is 9.97 Å². The highest BCUT2D eigenvalue weighted by molar-refractivity contribution is 6.83. The maximum absolute atomic E-state index is 12.3. The van der Waals surface area contributed by atoms with E-state index in [1.165, 1.54) is 0 Å². The van der Waals surface area contributed by atoms with Crippen LogP contribution in [-0.2, 0) is 4.79 Å². The summed E-state index contributed by atoms with van der Waals surface area (Å²) in [5.74, 6) is 3.15. The van der Waals surface area contributed by atoms with Crippen LogP contribution in [-0.4, -0.2) is 23.9 Å². The zero-order valence-corrected chi connectivity index (χ0v) is 14.7. The number of amides is 1. The Morgan fingerprint density at radius 3 is 2.70 bits per heavy atom. The molecule has 0 spiro atoms. The average molecular weight is 321 g/mol. The van der Waals surface area contributed by atoms with Crippen LogP contribution < -0.4 is 5.32 Å². The summed E-state index contributed by atoms with van der Waals surface area (Å²) < 4.78 is 0. The second kappa shape index (κ2) is 5.56. The Morgan fingerprint density at radius 2 is 2.04 bits per heavy atom. The van der Waals surface area contributed by atoms with Crippen molar-refractivity contribution in [3.05, 3.63) is 47.0 Å². The molecular formula is C18H19N3OSi. The number of carbonyl (C=O) groups is 1. The smallest absolute Gasteiger partial charge is 0.256 e. The minimum absolute atomic E-state index is 0.0932. The fraction of sp³-hybridized carbons (Fsp3) is 0.222. The van der Waals surface area contributed by atoms with Gasteiger partial charge in [0.2, 0.25) is 0 Å². The Kier molecular flexibility index (Phi) is 3.70. The van der Waals surface area contributed by atoms with Gasteiger partial charge in [0.25, 0.3) is 5.91 Å². The number of imidazole rings is 1. The molecule has 0 aliphatic carbocycles. The van der Waals surface area contributed by atoms with Crippen molar-refractivity contribution >= 4 is 31.3 Å². The number of rotatable bonds is 1. The van der Waals surface area contributed by atoms with Gasteiger partial charge in [0.15, 0.2) is 0 Å². The molecular weight excluding hydrogens is 302 g/mol. The first-order chi connectivity index (χ1) is 10.8. The first-order valence-electron chi connectivity index (χ1n) is 7.54. The number of carbonyl (C=O) groups excluding carboxylic acids is 1. The van der Waals surface area contributed by atoms with Gasteiger partial charge in [-0.05, 0) is 31.2 Å². The van der Waals surface area contributed by atoms with Gasteiger partial charge in [-0.25, -0.2) is 4.98 Å². The van der Waals surface area contributed by atoms with E-state index >= 15 is 0 Å². The number of anilines is 1. The summed E-state index contributed by atoms with van der Waals surface area (Å²) in [6, 6.07) is 5.86. The van der Waals surface area contributed by atoms with Crippen molar-refractivity contribution in [2.45, 2.75) is 26.6 Å². The molecule has 0 fully saturated rings. The molecule has 116 valence electrons. The van der Waals surface area contributed by atoms with Crippen molar-refractivity contribution in [2.75, 3.05) is 5.32 Å². The van der Waals surface area contributed by atoms with Crippen LogP contribution in [0.25, 0.3) is 11.6 Å². The summed E-state index contributed by atoms with van der Waals surface area (Å²) in [5.41, 5.74) is 8.38. The van der Waals surface area contributed by atoms with Crippen molar-refractivity contribution in [3.63, 3.8) is 0 Å². The summed E-state index contributed by atoms with van der Waals surface area (Å²) in [6.07, 6.45) is 3.48. The number of nitrogens with zero attached hydrogens (tertiary/aromatic N) is 1. The number of nitrogens with one attached hydrogen (secondary N) is 2. The highest BCUT2D eigenvalue weighted by atomic mass is 28.3. The molecule has 0 saturated heterocycles. The molecule has 1 aliphatic rings. The summed E-state index contributed by atoms with van der Waals surface area (Å²) >= 11 is 0. The van der Waals surface area contributed by atoms with Gasteiger partial charge in [0.1, 0.15) is 8.07 Å². The van der Waals surface area contributed by atoms with Crippen molar-refractivity contribution in [2.24, 2.45) is 0 Å². The molecule has 2 N–H and O–H groups in total. The summed E-state index contributed by atoms with van der Waals surface area (Å²) in [4.78, 5) is 19.5. The van der Waals surface area contributed by atoms with Gasteiger partial charge in [-0.2, -0.15) is 0 Å². The largest absolute Gasteiger partial charge is 0.345 e. The maximum atomic E-state index is 12.3. The quantitative estimate of drug-likeness (QED) is 0.480. The number of aromatic amines is 1. The number of hydrogen-bond acceptors (Lipinski definition) is 2. The summed E-state index contributed by atoms with van der Waals surface area (Å²) in [7, 11) is -1.43. The molecule has 0 atom stereocenters. The van der Waals surface area contributed by atoms with E-state index in [9.17, 15) is 4.79 Å². The monoisotopic (exact) mass is 321 g/mol. The molecule has 2 aromatic rings. The normalized spacial score (nSPS) is 15.1. The zero-order chi connectivity index (χ0) is 16.6. The molecule has 4 nitrogen and oxygen atoms in total. The van der Waals surface area contributed by atoms with Crippen molar-refractivity contribution < 1.29 is 4.79 Å². The minimum atomic E-state index is -1.43. The molecule has 0 saturated carbocycles. The van der Waals surface area contributed by atoms with Crippen LogP contribution in [0.5, 0.6) is 0 Å².